The van der Waals surface area contributed by atoms with E-state index in [1.54, 1.807) is 0 Å². The van der Waals surface area contributed by atoms with Crippen LogP contribution in [0, 0.1) is 13.8 Å². The molecule has 0 unspecified atom stereocenters. The van der Waals surface area contributed by atoms with Gasteiger partial charge in [0, 0.05) is 17.9 Å². The zero-order valence-corrected chi connectivity index (χ0v) is 11.4. The number of thioether (sulfide) groups is 1. The molecule has 17 heavy (non-hydrogen) atoms. The molecule has 0 aliphatic rings. The molecule has 1 nitrogen and oxygen atoms in total. The molecule has 0 bridgehead atoms. The molecule has 0 N–H and O–H groups in total. The molecule has 0 amide bonds. The minimum Gasteiger partial charge on any atom is -0.196 e. The third-order valence-electron chi connectivity index (χ3n) is 2.97. The lowest BCUT2D eigenvalue weighted by Crippen LogP contribution is -2.29. The highest BCUT2D eigenvalue weighted by Crippen LogP contribution is 2.20. The number of rotatable bonds is 3. The largest absolute Gasteiger partial charge is 0.240 e. The first-order chi connectivity index (χ1) is 8.16. The van der Waals surface area contributed by atoms with E-state index in [4.69, 9.17) is 0 Å². The summed E-state index contributed by atoms with van der Waals surface area (Å²) in [6.45, 7) is 4.33. The van der Waals surface area contributed by atoms with Gasteiger partial charge in [0.05, 0.1) is 0 Å². The van der Waals surface area contributed by atoms with E-state index >= 15 is 0 Å². The Balaban J connectivity index is 2.08. The average molecular weight is 244 g/mol. The summed E-state index contributed by atoms with van der Waals surface area (Å²) in [5, 5.41) is 1.30. The summed E-state index contributed by atoms with van der Waals surface area (Å²) < 4.78 is 2.16. The average Bonchev–Trinajstić information content (AvgIpc) is 2.32. The molecule has 0 aliphatic carbocycles. The van der Waals surface area contributed by atoms with Gasteiger partial charge in [-0.2, -0.15) is 4.57 Å². The molecule has 1 aromatic heterocycles. The lowest BCUT2D eigenvalue weighted by molar-refractivity contribution is -0.708. The second-order valence-corrected chi connectivity index (χ2v) is 5.35. The van der Waals surface area contributed by atoms with E-state index in [0.717, 1.165) is 5.75 Å². The molecule has 1 heterocycles. The molecule has 0 aliphatic heterocycles. The van der Waals surface area contributed by atoms with Gasteiger partial charge in [-0.15, -0.1) is 0 Å². The van der Waals surface area contributed by atoms with Crippen LogP contribution in [0.15, 0.2) is 47.6 Å². The fourth-order valence-corrected chi connectivity index (χ4v) is 2.64. The molecule has 88 valence electrons. The van der Waals surface area contributed by atoms with Crippen LogP contribution < -0.4 is 4.57 Å². The maximum atomic E-state index is 2.28. The molecule has 2 aromatic rings. The van der Waals surface area contributed by atoms with Crippen LogP contribution in [-0.2, 0) is 12.8 Å². The van der Waals surface area contributed by atoms with Gasteiger partial charge in [-0.1, -0.05) is 30.0 Å². The maximum Gasteiger partial charge on any atom is 0.240 e. The van der Waals surface area contributed by atoms with Crippen LogP contribution in [0.25, 0.3) is 0 Å². The molecule has 1 aromatic carbocycles. The number of hydrogen-bond donors (Lipinski definition) is 0. The van der Waals surface area contributed by atoms with E-state index < -0.39 is 0 Å². The Kier molecular flexibility index (Phi) is 3.85. The number of aryl methyl sites for hydroxylation is 3. The second-order valence-electron chi connectivity index (χ2n) is 4.36. The van der Waals surface area contributed by atoms with E-state index in [2.05, 4.69) is 68.1 Å². The van der Waals surface area contributed by atoms with E-state index in [1.165, 1.54) is 21.7 Å². The normalized spacial score (nSPS) is 10.5. The monoisotopic (exact) mass is 244 g/mol. The van der Waals surface area contributed by atoms with Gasteiger partial charge in [0.1, 0.15) is 7.05 Å². The highest BCUT2D eigenvalue weighted by atomic mass is 32.2. The van der Waals surface area contributed by atoms with Crippen LogP contribution in [0.4, 0.5) is 0 Å². The molecule has 2 heteroatoms. The van der Waals surface area contributed by atoms with Crippen LogP contribution in [0.2, 0.25) is 0 Å². The summed E-state index contributed by atoms with van der Waals surface area (Å²) in [5.74, 6) is 1.03. The molecular weight excluding hydrogens is 226 g/mol. The summed E-state index contributed by atoms with van der Waals surface area (Å²) in [6, 6.07) is 13.0. The Bertz CT molecular complexity index is 520. The summed E-state index contributed by atoms with van der Waals surface area (Å²) >= 11 is 1.88. The SMILES string of the molecule is Cc1ccc(CSc2cccc[n+]2C)cc1C. The fourth-order valence-electron chi connectivity index (χ4n) is 1.71. The number of pyridine rings is 1. The van der Waals surface area contributed by atoms with Gasteiger partial charge in [-0.3, -0.25) is 0 Å². The summed E-state index contributed by atoms with van der Waals surface area (Å²) in [7, 11) is 2.09. The summed E-state index contributed by atoms with van der Waals surface area (Å²) in [6.07, 6.45) is 2.09. The van der Waals surface area contributed by atoms with Crippen molar-refractivity contribution in [3.63, 3.8) is 0 Å². The van der Waals surface area contributed by atoms with Crippen molar-refractivity contribution in [2.75, 3.05) is 0 Å². The van der Waals surface area contributed by atoms with Gasteiger partial charge in [0.2, 0.25) is 5.03 Å². The number of nitrogens with zero attached hydrogens (tertiary/aromatic N) is 1. The highest BCUT2D eigenvalue weighted by Gasteiger charge is 2.06. The number of benzene rings is 1. The van der Waals surface area contributed by atoms with Crippen LogP contribution >= 0.6 is 11.8 Å². The molecule has 0 saturated carbocycles. The van der Waals surface area contributed by atoms with Crippen LogP contribution in [0.3, 0.4) is 0 Å². The van der Waals surface area contributed by atoms with Crippen molar-refractivity contribution in [2.45, 2.75) is 24.6 Å². The molecular formula is C15H18NS+. The van der Waals surface area contributed by atoms with Crippen LogP contribution in [0.1, 0.15) is 16.7 Å². The third-order valence-corrected chi connectivity index (χ3v) is 4.16. The molecule has 2 rings (SSSR count). The first-order valence-electron chi connectivity index (χ1n) is 5.80. The lowest BCUT2D eigenvalue weighted by atomic mass is 10.1. The predicted octanol–water partition coefficient (Wildman–Crippen LogP) is 3.42. The van der Waals surface area contributed by atoms with Crippen molar-refractivity contribution < 1.29 is 4.57 Å². The maximum absolute atomic E-state index is 2.28. The lowest BCUT2D eigenvalue weighted by Gasteiger charge is -2.04. The van der Waals surface area contributed by atoms with Crippen molar-refractivity contribution in [1.29, 1.82) is 0 Å². The van der Waals surface area contributed by atoms with E-state index in [-0.39, 0.29) is 0 Å². The second kappa shape index (κ2) is 5.37. The standard InChI is InChI=1S/C15H18NS/c1-12-7-8-14(10-13(12)2)11-17-15-6-4-5-9-16(15)3/h4-10H,11H2,1-3H3/q+1. The van der Waals surface area contributed by atoms with Gasteiger partial charge in [-0.05, 0) is 36.6 Å². The number of hydrogen-bond acceptors (Lipinski definition) is 1. The van der Waals surface area contributed by atoms with Gasteiger partial charge in [-0.25, -0.2) is 0 Å². The highest BCUT2D eigenvalue weighted by molar-refractivity contribution is 7.98. The van der Waals surface area contributed by atoms with Gasteiger partial charge in [0.25, 0.3) is 0 Å². The topological polar surface area (TPSA) is 3.88 Å². The van der Waals surface area contributed by atoms with Crippen LogP contribution in [-0.4, -0.2) is 0 Å². The zero-order chi connectivity index (χ0) is 12.3. The van der Waals surface area contributed by atoms with Gasteiger partial charge < -0.3 is 0 Å². The zero-order valence-electron chi connectivity index (χ0n) is 10.6. The predicted molar refractivity (Wildman–Crippen MR) is 73.1 cm³/mol. The Labute approximate surface area is 108 Å². The third kappa shape index (κ3) is 3.10. The summed E-state index contributed by atoms with van der Waals surface area (Å²) in [5.41, 5.74) is 4.13. The van der Waals surface area contributed by atoms with Gasteiger partial charge in [0.15, 0.2) is 6.20 Å². The Morgan fingerprint density at radius 1 is 1.06 bits per heavy atom. The molecule has 0 spiro atoms. The van der Waals surface area contributed by atoms with Crippen molar-refractivity contribution in [1.82, 2.24) is 0 Å². The minimum absolute atomic E-state index is 1.03. The molecule has 0 saturated heterocycles. The smallest absolute Gasteiger partial charge is 0.196 e. The fraction of sp³-hybridized carbons (Fsp3) is 0.267. The van der Waals surface area contributed by atoms with Crippen molar-refractivity contribution >= 4 is 11.8 Å². The Morgan fingerprint density at radius 3 is 2.59 bits per heavy atom. The van der Waals surface area contributed by atoms with Gasteiger partial charge >= 0.3 is 0 Å². The molecule has 0 atom stereocenters. The minimum atomic E-state index is 1.03. The first-order valence-corrected chi connectivity index (χ1v) is 6.79. The van der Waals surface area contributed by atoms with Crippen molar-refractivity contribution in [3.05, 3.63) is 59.3 Å². The van der Waals surface area contributed by atoms with E-state index in [0.29, 0.717) is 0 Å². The molecule has 0 radical (unpaired) electrons. The van der Waals surface area contributed by atoms with E-state index in [1.807, 2.05) is 11.8 Å². The van der Waals surface area contributed by atoms with Crippen molar-refractivity contribution in [2.24, 2.45) is 7.05 Å². The first kappa shape index (κ1) is 12.2. The van der Waals surface area contributed by atoms with Crippen LogP contribution in [0.5, 0.6) is 0 Å². The quantitative estimate of drug-likeness (QED) is 0.591. The Morgan fingerprint density at radius 2 is 1.88 bits per heavy atom. The Hall–Kier alpha value is -1.28. The number of aromatic nitrogens is 1. The van der Waals surface area contributed by atoms with Crippen molar-refractivity contribution in [3.8, 4) is 0 Å². The molecule has 0 fully saturated rings. The summed E-state index contributed by atoms with van der Waals surface area (Å²) in [4.78, 5) is 0. The van der Waals surface area contributed by atoms with E-state index in [9.17, 15) is 0 Å².